The number of nitrogens with zero attached hydrogens (tertiary/aromatic N) is 5. The van der Waals surface area contributed by atoms with Crippen LogP contribution in [-0.4, -0.2) is 68.5 Å². The van der Waals surface area contributed by atoms with Gasteiger partial charge in [-0.3, -0.25) is 9.48 Å². The van der Waals surface area contributed by atoms with Gasteiger partial charge in [-0.15, -0.1) is 0 Å². The third kappa shape index (κ3) is 4.64. The summed E-state index contributed by atoms with van der Waals surface area (Å²) in [6.45, 7) is 1.84. The Hall–Kier alpha value is -3.11. The number of carboxylic acid groups (broad SMARTS) is 1. The van der Waals surface area contributed by atoms with Crippen molar-refractivity contribution in [2.45, 2.75) is 36.9 Å². The van der Waals surface area contributed by atoms with Crippen LogP contribution in [0.3, 0.4) is 0 Å². The molecular weight excluding hydrogens is 415 g/mol. The minimum atomic E-state index is -5.08. The fraction of sp³-hybridized carbons (Fsp3) is 0.500. The molecule has 31 heavy (non-hydrogen) atoms. The summed E-state index contributed by atoms with van der Waals surface area (Å²) in [7, 11) is 3.90. The zero-order valence-corrected chi connectivity index (χ0v) is 17.2. The fourth-order valence-corrected chi connectivity index (χ4v) is 4.38. The first-order valence-corrected chi connectivity index (χ1v) is 9.76. The standard InChI is InChI=1S/C18H23N5O.C2HF3O2/c1-21-13-14(12-20-21)15-11-17(24)22(2)18(15)6-9-23(10-7-18)16-5-3-4-8-19-16;3-2(4,5)1(6)7/h3-5,8,12-13,15H,6-7,9-11H2,1-2H3;(H,6,7). The lowest BCUT2D eigenvalue weighted by Crippen LogP contribution is -2.54. The smallest absolute Gasteiger partial charge is 0.475 e. The number of amides is 1. The van der Waals surface area contributed by atoms with E-state index in [1.54, 1.807) is 0 Å². The Bertz CT molecular complexity index is 924. The van der Waals surface area contributed by atoms with Crippen LogP contribution in [-0.2, 0) is 16.6 Å². The van der Waals surface area contributed by atoms with Gasteiger partial charge in [-0.1, -0.05) is 6.07 Å². The van der Waals surface area contributed by atoms with Crippen LogP contribution in [0.4, 0.5) is 19.0 Å². The number of rotatable bonds is 2. The van der Waals surface area contributed by atoms with Crippen molar-refractivity contribution in [3.05, 3.63) is 42.4 Å². The molecule has 0 aliphatic carbocycles. The third-order valence-electron chi connectivity index (χ3n) is 6.04. The lowest BCUT2D eigenvalue weighted by atomic mass is 9.74. The van der Waals surface area contributed by atoms with E-state index in [-0.39, 0.29) is 17.4 Å². The van der Waals surface area contributed by atoms with Crippen LogP contribution < -0.4 is 4.90 Å². The molecule has 168 valence electrons. The molecule has 0 saturated carbocycles. The number of likely N-dealkylation sites (N-methyl/N-ethyl adjacent to an activating group) is 1. The third-order valence-corrected chi connectivity index (χ3v) is 6.04. The van der Waals surface area contributed by atoms with Crippen molar-refractivity contribution in [3.8, 4) is 0 Å². The van der Waals surface area contributed by atoms with Crippen molar-refractivity contribution in [2.24, 2.45) is 7.05 Å². The van der Waals surface area contributed by atoms with E-state index in [2.05, 4.69) is 27.2 Å². The summed E-state index contributed by atoms with van der Waals surface area (Å²) in [6, 6.07) is 6.02. The highest BCUT2D eigenvalue weighted by Gasteiger charge is 2.53. The van der Waals surface area contributed by atoms with E-state index in [1.165, 1.54) is 5.56 Å². The maximum atomic E-state index is 12.5. The number of hydrogen-bond acceptors (Lipinski definition) is 5. The van der Waals surface area contributed by atoms with Crippen LogP contribution in [0.2, 0.25) is 0 Å². The number of carbonyl (C=O) groups excluding carboxylic acids is 1. The molecule has 0 bridgehead atoms. The number of carbonyl (C=O) groups is 2. The van der Waals surface area contributed by atoms with Crippen LogP contribution in [0.15, 0.2) is 36.8 Å². The van der Waals surface area contributed by atoms with Crippen molar-refractivity contribution < 1.29 is 27.9 Å². The number of alkyl halides is 3. The molecule has 1 unspecified atom stereocenters. The van der Waals surface area contributed by atoms with Crippen LogP contribution >= 0.6 is 0 Å². The van der Waals surface area contributed by atoms with Gasteiger partial charge in [0.1, 0.15) is 5.82 Å². The van der Waals surface area contributed by atoms with Gasteiger partial charge in [0, 0.05) is 51.9 Å². The summed E-state index contributed by atoms with van der Waals surface area (Å²) in [4.78, 5) is 30.1. The van der Waals surface area contributed by atoms with Gasteiger partial charge in [-0.05, 0) is 30.5 Å². The lowest BCUT2D eigenvalue weighted by Gasteiger charge is -2.46. The summed E-state index contributed by atoms with van der Waals surface area (Å²) in [5.74, 6) is -1.26. The molecule has 4 heterocycles. The van der Waals surface area contributed by atoms with Gasteiger partial charge in [0.05, 0.1) is 11.7 Å². The van der Waals surface area contributed by atoms with Gasteiger partial charge in [-0.2, -0.15) is 18.3 Å². The number of pyridine rings is 1. The van der Waals surface area contributed by atoms with Gasteiger partial charge < -0.3 is 14.9 Å². The molecule has 0 aromatic carbocycles. The molecule has 1 amide bonds. The Morgan fingerprint density at radius 3 is 2.35 bits per heavy atom. The second kappa shape index (κ2) is 8.56. The molecule has 8 nitrogen and oxygen atoms in total. The van der Waals surface area contributed by atoms with E-state index in [0.29, 0.717) is 6.42 Å². The zero-order valence-electron chi connectivity index (χ0n) is 17.2. The van der Waals surface area contributed by atoms with Gasteiger partial charge in [-0.25, -0.2) is 9.78 Å². The Kier molecular flexibility index (Phi) is 6.23. The molecule has 11 heteroatoms. The molecule has 2 aliphatic heterocycles. The first-order chi connectivity index (χ1) is 14.5. The van der Waals surface area contributed by atoms with E-state index in [4.69, 9.17) is 9.90 Å². The Morgan fingerprint density at radius 1 is 1.23 bits per heavy atom. The summed E-state index contributed by atoms with van der Waals surface area (Å²) in [5.41, 5.74) is 1.09. The van der Waals surface area contributed by atoms with Gasteiger partial charge in [0.25, 0.3) is 0 Å². The normalized spacial score (nSPS) is 20.5. The molecule has 1 atom stereocenters. The zero-order chi connectivity index (χ0) is 22.8. The van der Waals surface area contributed by atoms with Crippen molar-refractivity contribution in [1.29, 1.82) is 0 Å². The van der Waals surface area contributed by atoms with Crippen molar-refractivity contribution in [1.82, 2.24) is 19.7 Å². The predicted octanol–water partition coefficient (Wildman–Crippen LogP) is 2.43. The molecule has 0 radical (unpaired) electrons. The molecule has 4 rings (SSSR count). The fourth-order valence-electron chi connectivity index (χ4n) is 4.38. The largest absolute Gasteiger partial charge is 0.490 e. The topological polar surface area (TPSA) is 91.6 Å². The average Bonchev–Trinajstić information content (AvgIpc) is 3.26. The van der Waals surface area contributed by atoms with Crippen LogP contribution in [0.5, 0.6) is 0 Å². The highest BCUT2D eigenvalue weighted by Crippen LogP contribution is 2.48. The number of piperidine rings is 1. The average molecular weight is 439 g/mol. The van der Waals surface area contributed by atoms with Crippen LogP contribution in [0.25, 0.3) is 0 Å². The Labute approximate surface area is 177 Å². The number of aliphatic carboxylic acids is 1. The molecule has 1 spiro atoms. The predicted molar refractivity (Wildman–Crippen MR) is 105 cm³/mol. The minimum Gasteiger partial charge on any atom is -0.475 e. The van der Waals surface area contributed by atoms with E-state index < -0.39 is 12.1 Å². The summed E-state index contributed by atoms with van der Waals surface area (Å²) in [6.07, 6.45) is 3.25. The maximum Gasteiger partial charge on any atom is 0.490 e. The molecule has 2 aromatic rings. The first kappa shape index (κ1) is 22.6. The maximum absolute atomic E-state index is 12.5. The molecular formula is C20H24F3N5O3. The van der Waals surface area contributed by atoms with Crippen LogP contribution in [0.1, 0.15) is 30.7 Å². The van der Waals surface area contributed by atoms with E-state index in [9.17, 15) is 18.0 Å². The molecule has 2 saturated heterocycles. The quantitative estimate of drug-likeness (QED) is 0.773. The highest BCUT2D eigenvalue weighted by atomic mass is 19.4. The van der Waals surface area contributed by atoms with E-state index in [1.807, 2.05) is 48.2 Å². The summed E-state index contributed by atoms with van der Waals surface area (Å²) in [5, 5.41) is 11.4. The monoisotopic (exact) mass is 439 g/mol. The number of halogens is 3. The van der Waals surface area contributed by atoms with E-state index >= 15 is 0 Å². The lowest BCUT2D eigenvalue weighted by molar-refractivity contribution is -0.192. The van der Waals surface area contributed by atoms with Gasteiger partial charge in [0.2, 0.25) is 5.91 Å². The number of aromatic nitrogens is 3. The second-order valence-electron chi connectivity index (χ2n) is 7.74. The van der Waals surface area contributed by atoms with Crippen molar-refractivity contribution in [3.63, 3.8) is 0 Å². The molecule has 2 aliphatic rings. The summed E-state index contributed by atoms with van der Waals surface area (Å²) >= 11 is 0. The van der Waals surface area contributed by atoms with Crippen molar-refractivity contribution >= 4 is 17.7 Å². The molecule has 2 fully saturated rings. The van der Waals surface area contributed by atoms with Gasteiger partial charge in [0.15, 0.2) is 0 Å². The van der Waals surface area contributed by atoms with Crippen molar-refractivity contribution in [2.75, 3.05) is 25.0 Å². The first-order valence-electron chi connectivity index (χ1n) is 9.76. The summed E-state index contributed by atoms with van der Waals surface area (Å²) < 4.78 is 33.6. The number of likely N-dealkylation sites (tertiary alicyclic amines) is 1. The number of anilines is 1. The van der Waals surface area contributed by atoms with Crippen LogP contribution in [0, 0.1) is 0 Å². The Balaban J connectivity index is 0.000000339. The number of aryl methyl sites for hydroxylation is 1. The number of carboxylic acids is 1. The highest BCUT2D eigenvalue weighted by molar-refractivity contribution is 5.81. The van der Waals surface area contributed by atoms with Gasteiger partial charge >= 0.3 is 12.1 Å². The molecule has 1 N–H and O–H groups in total. The second-order valence-corrected chi connectivity index (χ2v) is 7.74. The SMILES string of the molecule is CN1C(=O)CC(c2cnn(C)c2)C12CCN(c1ccccn1)CC2.O=C(O)C(F)(F)F. The number of hydrogen-bond donors (Lipinski definition) is 1. The molecule has 2 aromatic heterocycles. The Morgan fingerprint density at radius 2 is 1.87 bits per heavy atom. The minimum absolute atomic E-state index is 0.0919. The van der Waals surface area contributed by atoms with E-state index in [0.717, 1.165) is 31.7 Å².